The molecule has 0 saturated carbocycles. The first-order valence-electron chi connectivity index (χ1n) is 10.6. The number of carbonyl (C=O) groups is 3. The highest BCUT2D eigenvalue weighted by atomic mass is 16.7. The molecule has 8 heteroatoms. The van der Waals surface area contributed by atoms with Gasteiger partial charge in [-0.05, 0) is 42.9 Å². The molecule has 0 unspecified atom stereocenters. The largest absolute Gasteiger partial charge is 0.454 e. The Morgan fingerprint density at radius 2 is 1.83 bits per heavy atom. The van der Waals surface area contributed by atoms with Crippen LogP contribution in [0.15, 0.2) is 18.2 Å². The summed E-state index contributed by atoms with van der Waals surface area (Å²) in [6, 6.07) is 4.33. The van der Waals surface area contributed by atoms with Crippen LogP contribution in [0, 0.1) is 11.8 Å². The number of fused-ring (bicyclic) bond motifs is 1. The van der Waals surface area contributed by atoms with E-state index in [1.165, 1.54) is 0 Å². The van der Waals surface area contributed by atoms with E-state index in [0.717, 1.165) is 0 Å². The molecule has 2 N–H and O–H groups in total. The lowest BCUT2D eigenvalue weighted by atomic mass is 9.88. The summed E-state index contributed by atoms with van der Waals surface area (Å²) >= 11 is 0. The first-order valence-corrected chi connectivity index (χ1v) is 10.6. The second-order valence-corrected chi connectivity index (χ2v) is 8.23. The van der Waals surface area contributed by atoms with Gasteiger partial charge in [-0.2, -0.15) is 0 Å². The summed E-state index contributed by atoms with van der Waals surface area (Å²) in [6.45, 7) is 7.78. The minimum Gasteiger partial charge on any atom is -0.454 e. The Hall–Kier alpha value is -2.77. The predicted molar refractivity (Wildman–Crippen MR) is 111 cm³/mol. The van der Waals surface area contributed by atoms with E-state index < -0.39 is 6.04 Å². The summed E-state index contributed by atoms with van der Waals surface area (Å²) in [5.41, 5.74) is 0.416. The molecule has 3 rings (SSSR count). The fourth-order valence-corrected chi connectivity index (χ4v) is 3.78. The monoisotopic (exact) mass is 417 g/mol. The maximum Gasteiger partial charge on any atom is 0.252 e. The molecule has 0 aromatic heterocycles. The number of nitrogens with zero attached hydrogens (tertiary/aromatic N) is 1. The van der Waals surface area contributed by atoms with Crippen LogP contribution in [0.1, 0.15) is 50.4 Å². The van der Waals surface area contributed by atoms with Gasteiger partial charge < -0.3 is 25.0 Å². The van der Waals surface area contributed by atoms with Crippen LogP contribution < -0.4 is 20.1 Å². The molecule has 164 valence electrons. The summed E-state index contributed by atoms with van der Waals surface area (Å²) in [5, 5.41) is 5.87. The van der Waals surface area contributed by atoms with Crippen molar-refractivity contribution in [1.29, 1.82) is 0 Å². The minimum atomic E-state index is -0.652. The van der Waals surface area contributed by atoms with Crippen molar-refractivity contribution in [1.82, 2.24) is 15.5 Å². The van der Waals surface area contributed by atoms with Crippen molar-refractivity contribution < 1.29 is 23.9 Å². The molecule has 1 atom stereocenters. The second-order valence-electron chi connectivity index (χ2n) is 8.23. The Morgan fingerprint density at radius 3 is 2.50 bits per heavy atom. The van der Waals surface area contributed by atoms with Crippen molar-refractivity contribution in [3.63, 3.8) is 0 Å². The van der Waals surface area contributed by atoms with E-state index in [4.69, 9.17) is 9.47 Å². The molecule has 3 amide bonds. The molecule has 1 aromatic carbocycles. The van der Waals surface area contributed by atoms with Crippen molar-refractivity contribution in [2.45, 2.75) is 46.1 Å². The van der Waals surface area contributed by atoms with Gasteiger partial charge in [-0.25, -0.2) is 0 Å². The van der Waals surface area contributed by atoms with E-state index in [1.54, 1.807) is 18.2 Å². The van der Waals surface area contributed by atoms with Crippen LogP contribution in [-0.2, 0) is 9.59 Å². The Morgan fingerprint density at radius 1 is 1.13 bits per heavy atom. The molecule has 2 aliphatic heterocycles. The number of piperidine rings is 1. The van der Waals surface area contributed by atoms with Crippen LogP contribution in [0.5, 0.6) is 11.5 Å². The van der Waals surface area contributed by atoms with E-state index >= 15 is 0 Å². The van der Waals surface area contributed by atoms with Crippen LogP contribution in [0.25, 0.3) is 0 Å². The average Bonchev–Trinajstić information content (AvgIpc) is 3.23. The number of amides is 3. The Kier molecular flexibility index (Phi) is 7.18. The predicted octanol–water partition coefficient (Wildman–Crippen LogP) is 1.93. The quantitative estimate of drug-likeness (QED) is 0.707. The first-order chi connectivity index (χ1) is 14.4. The maximum absolute atomic E-state index is 12.9. The highest BCUT2D eigenvalue weighted by Gasteiger charge is 2.34. The van der Waals surface area contributed by atoms with E-state index in [2.05, 4.69) is 10.6 Å². The summed E-state index contributed by atoms with van der Waals surface area (Å²) in [4.78, 5) is 39.6. The van der Waals surface area contributed by atoms with Crippen molar-refractivity contribution >= 4 is 17.7 Å². The molecule has 0 spiro atoms. The summed E-state index contributed by atoms with van der Waals surface area (Å²) in [5.74, 6) is 1.02. The zero-order valence-corrected chi connectivity index (χ0v) is 17.9. The summed E-state index contributed by atoms with van der Waals surface area (Å²) in [6.07, 6.45) is 1.82. The highest BCUT2D eigenvalue weighted by Crippen LogP contribution is 2.32. The van der Waals surface area contributed by atoms with Crippen molar-refractivity contribution in [2.75, 3.05) is 26.4 Å². The van der Waals surface area contributed by atoms with Crippen molar-refractivity contribution in [2.24, 2.45) is 11.8 Å². The molecule has 2 heterocycles. The van der Waals surface area contributed by atoms with Gasteiger partial charge in [-0.15, -0.1) is 0 Å². The van der Waals surface area contributed by atoms with E-state index in [-0.39, 0.29) is 30.4 Å². The van der Waals surface area contributed by atoms with Gasteiger partial charge in [0.15, 0.2) is 11.5 Å². The number of rotatable bonds is 7. The number of hydrogen-bond donors (Lipinski definition) is 2. The molecule has 8 nitrogen and oxygen atoms in total. The Bertz CT molecular complexity index is 787. The number of ether oxygens (including phenoxy) is 2. The van der Waals surface area contributed by atoms with E-state index in [1.807, 2.05) is 25.7 Å². The van der Waals surface area contributed by atoms with Crippen LogP contribution >= 0.6 is 0 Å². The Balaban J connectivity index is 1.70. The van der Waals surface area contributed by atoms with Crippen LogP contribution in [-0.4, -0.2) is 55.1 Å². The minimum absolute atomic E-state index is 0.0315. The van der Waals surface area contributed by atoms with Gasteiger partial charge in [0.1, 0.15) is 6.04 Å². The van der Waals surface area contributed by atoms with E-state index in [0.29, 0.717) is 61.9 Å². The van der Waals surface area contributed by atoms with Gasteiger partial charge >= 0.3 is 0 Å². The average molecular weight is 418 g/mol. The molecule has 0 bridgehead atoms. The summed E-state index contributed by atoms with van der Waals surface area (Å²) in [7, 11) is 0. The lowest BCUT2D eigenvalue weighted by Gasteiger charge is -2.35. The van der Waals surface area contributed by atoms with Gasteiger partial charge in [0.05, 0.1) is 0 Å². The molecular weight excluding hydrogens is 386 g/mol. The van der Waals surface area contributed by atoms with Crippen molar-refractivity contribution in [3.05, 3.63) is 23.8 Å². The fraction of sp³-hybridized carbons (Fsp3) is 0.591. The number of likely N-dealkylation sites (tertiary alicyclic amines) is 1. The number of carbonyl (C=O) groups excluding carboxylic acids is 3. The van der Waals surface area contributed by atoms with Crippen LogP contribution in [0.4, 0.5) is 0 Å². The third kappa shape index (κ3) is 5.23. The normalized spacial score (nSPS) is 17.0. The third-order valence-corrected chi connectivity index (χ3v) is 5.55. The lowest BCUT2D eigenvalue weighted by Crippen LogP contribution is -2.54. The van der Waals surface area contributed by atoms with Gasteiger partial charge in [0, 0.05) is 31.6 Å². The van der Waals surface area contributed by atoms with Crippen LogP contribution in [0.2, 0.25) is 0 Å². The number of nitrogens with one attached hydrogen (secondary N) is 2. The molecule has 0 aliphatic carbocycles. The zero-order chi connectivity index (χ0) is 21.7. The molecule has 2 aliphatic rings. The standard InChI is InChI=1S/C22H31N3O5/c1-4-19(26)25-9-7-15(8-10-25)20(22(28)23-12-14(2)3)24-21(27)16-5-6-17-18(11-16)30-13-29-17/h5-6,11,14-15,20H,4,7-10,12-13H2,1-3H3,(H,23,28)(H,24,27)/t20-/m1/s1. The molecular formula is C22H31N3O5. The third-order valence-electron chi connectivity index (χ3n) is 5.55. The van der Waals surface area contributed by atoms with Gasteiger partial charge in [-0.3, -0.25) is 14.4 Å². The summed E-state index contributed by atoms with van der Waals surface area (Å²) < 4.78 is 10.6. The molecule has 0 radical (unpaired) electrons. The SMILES string of the molecule is CCC(=O)N1CCC([C@@H](NC(=O)c2ccc3c(c2)OCO3)C(=O)NCC(C)C)CC1. The smallest absolute Gasteiger partial charge is 0.252 e. The maximum atomic E-state index is 12.9. The fourth-order valence-electron chi connectivity index (χ4n) is 3.78. The molecule has 30 heavy (non-hydrogen) atoms. The van der Waals surface area contributed by atoms with E-state index in [9.17, 15) is 14.4 Å². The lowest BCUT2D eigenvalue weighted by molar-refractivity contribution is -0.132. The number of hydrogen-bond acceptors (Lipinski definition) is 5. The zero-order valence-electron chi connectivity index (χ0n) is 17.9. The molecule has 1 aromatic rings. The van der Waals surface area contributed by atoms with Gasteiger partial charge in [0.25, 0.3) is 5.91 Å². The first kappa shape index (κ1) is 21.9. The topological polar surface area (TPSA) is 97.0 Å². The Labute approximate surface area is 177 Å². The second kappa shape index (κ2) is 9.82. The van der Waals surface area contributed by atoms with Gasteiger partial charge in [-0.1, -0.05) is 20.8 Å². The molecule has 1 fully saturated rings. The van der Waals surface area contributed by atoms with Crippen molar-refractivity contribution in [3.8, 4) is 11.5 Å². The molecule has 1 saturated heterocycles. The number of benzene rings is 1. The van der Waals surface area contributed by atoms with Gasteiger partial charge in [0.2, 0.25) is 18.6 Å². The van der Waals surface area contributed by atoms with Crippen LogP contribution in [0.3, 0.4) is 0 Å². The highest BCUT2D eigenvalue weighted by molar-refractivity contribution is 5.98.